The minimum Gasteiger partial charge on any atom is -0.344 e. The number of carbonyl (C=O) groups excluding carboxylic acids is 3. The van der Waals surface area contributed by atoms with Crippen LogP contribution in [0, 0.1) is 0 Å². The van der Waals surface area contributed by atoms with Gasteiger partial charge in [-0.15, -0.1) is 0 Å². The molecule has 0 bridgehead atoms. The minimum absolute atomic E-state index is 0.173. The number of anilines is 1. The first-order valence-corrected chi connectivity index (χ1v) is 11.0. The maximum absolute atomic E-state index is 14.0. The van der Waals surface area contributed by atoms with Gasteiger partial charge in [0.05, 0.1) is 23.0 Å². The van der Waals surface area contributed by atoms with Crippen molar-refractivity contribution in [3.05, 3.63) is 95.8 Å². The number of benzene rings is 2. The Balaban J connectivity index is 1.61. The summed E-state index contributed by atoms with van der Waals surface area (Å²) in [5.74, 6) is -0.819. The second-order valence-corrected chi connectivity index (χ2v) is 8.39. The zero-order chi connectivity index (χ0) is 23.0. The van der Waals surface area contributed by atoms with Crippen molar-refractivity contribution in [1.29, 1.82) is 0 Å². The van der Waals surface area contributed by atoms with Crippen LogP contribution in [0.25, 0.3) is 0 Å². The van der Waals surface area contributed by atoms with E-state index in [2.05, 4.69) is 10.3 Å². The third-order valence-electron chi connectivity index (χ3n) is 6.40. The summed E-state index contributed by atoms with van der Waals surface area (Å²) in [5.41, 5.74) is 1.05. The van der Waals surface area contributed by atoms with E-state index in [0.29, 0.717) is 16.9 Å². The van der Waals surface area contributed by atoms with Gasteiger partial charge >= 0.3 is 0 Å². The molecule has 1 aromatic heterocycles. The first-order chi connectivity index (χ1) is 16.0. The van der Waals surface area contributed by atoms with Gasteiger partial charge in [-0.05, 0) is 36.8 Å². The molecule has 0 saturated carbocycles. The van der Waals surface area contributed by atoms with Crippen molar-refractivity contribution in [2.75, 3.05) is 4.90 Å². The summed E-state index contributed by atoms with van der Waals surface area (Å²) in [7, 11) is 0. The number of nitrogens with zero attached hydrogens (tertiary/aromatic N) is 3. The van der Waals surface area contributed by atoms with Crippen LogP contribution in [-0.2, 0) is 16.1 Å². The Morgan fingerprint density at radius 2 is 1.76 bits per heavy atom. The summed E-state index contributed by atoms with van der Waals surface area (Å²) in [6.45, 7) is 2.06. The fourth-order valence-electron chi connectivity index (χ4n) is 4.79. The molecule has 1 N–H and O–H groups in total. The molecule has 0 aliphatic carbocycles. The smallest absolute Gasteiger partial charge is 0.268 e. The van der Waals surface area contributed by atoms with Crippen LogP contribution in [0.1, 0.15) is 47.4 Å². The molecular weight excluding hydrogens is 416 g/mol. The zero-order valence-electron chi connectivity index (χ0n) is 18.3. The van der Waals surface area contributed by atoms with E-state index in [1.165, 1.54) is 4.90 Å². The van der Waals surface area contributed by atoms with Crippen LogP contribution in [0.15, 0.2) is 79.0 Å². The summed E-state index contributed by atoms with van der Waals surface area (Å²) in [6, 6.07) is 21.6. The Bertz CT molecular complexity index is 1210. The lowest BCUT2D eigenvalue weighted by molar-refractivity contribution is -0.134. The van der Waals surface area contributed by atoms with Gasteiger partial charge in [0.15, 0.2) is 0 Å². The van der Waals surface area contributed by atoms with Crippen molar-refractivity contribution >= 4 is 23.4 Å². The number of pyridine rings is 1. The molecule has 2 unspecified atom stereocenters. The molecule has 3 heterocycles. The SMILES string of the molecule is CC(NC(=O)C12CCC(=O)N1c1ccccc1C(=O)N2Cc1ccccc1)c1ccccn1. The minimum atomic E-state index is -1.44. The lowest BCUT2D eigenvalue weighted by Gasteiger charge is -2.49. The number of carbonyl (C=O) groups is 3. The molecule has 2 aromatic carbocycles. The number of aromatic nitrogens is 1. The standard InChI is InChI=1S/C26H24N4O3/c1-18(21-12-7-8-16-27-21)28-25(33)26-15-14-23(31)30(26)22-13-6-5-11-20(22)24(32)29(26)17-19-9-3-2-4-10-19/h2-13,16,18H,14-15,17H2,1H3,(H,28,33). The van der Waals surface area contributed by atoms with Crippen LogP contribution in [0.2, 0.25) is 0 Å². The summed E-state index contributed by atoms with van der Waals surface area (Å²) in [6.07, 6.45) is 2.07. The molecule has 5 rings (SSSR count). The number of nitrogens with one attached hydrogen (secondary N) is 1. The summed E-state index contributed by atoms with van der Waals surface area (Å²) >= 11 is 0. The lowest BCUT2D eigenvalue weighted by Crippen LogP contribution is -2.70. The molecule has 166 valence electrons. The van der Waals surface area contributed by atoms with Crippen LogP contribution in [0.3, 0.4) is 0 Å². The molecule has 3 amide bonds. The zero-order valence-corrected chi connectivity index (χ0v) is 18.3. The predicted octanol–water partition coefficient (Wildman–Crippen LogP) is 3.44. The van der Waals surface area contributed by atoms with Gasteiger partial charge in [-0.3, -0.25) is 24.3 Å². The third kappa shape index (κ3) is 3.36. The Labute approximate surface area is 192 Å². The van der Waals surface area contributed by atoms with E-state index in [9.17, 15) is 14.4 Å². The van der Waals surface area contributed by atoms with Gasteiger partial charge in [-0.2, -0.15) is 0 Å². The average Bonchev–Trinajstić information content (AvgIpc) is 3.21. The second kappa shape index (κ2) is 8.16. The monoisotopic (exact) mass is 440 g/mol. The van der Waals surface area contributed by atoms with Gasteiger partial charge in [0.2, 0.25) is 11.6 Å². The van der Waals surface area contributed by atoms with Crippen molar-refractivity contribution in [1.82, 2.24) is 15.2 Å². The molecule has 2 aliphatic heterocycles. The van der Waals surface area contributed by atoms with E-state index < -0.39 is 11.7 Å². The summed E-state index contributed by atoms with van der Waals surface area (Å²) < 4.78 is 0. The first kappa shape index (κ1) is 20.9. The molecule has 2 aliphatic rings. The molecule has 2 atom stereocenters. The molecular formula is C26H24N4O3. The van der Waals surface area contributed by atoms with Crippen LogP contribution in [0.4, 0.5) is 5.69 Å². The Kier molecular flexibility index (Phi) is 5.17. The van der Waals surface area contributed by atoms with Gasteiger partial charge < -0.3 is 10.2 Å². The van der Waals surface area contributed by atoms with Gasteiger partial charge in [0.25, 0.3) is 11.8 Å². The third-order valence-corrected chi connectivity index (χ3v) is 6.40. The number of rotatable bonds is 5. The van der Waals surface area contributed by atoms with Crippen molar-refractivity contribution in [3.63, 3.8) is 0 Å². The normalized spacial score (nSPS) is 20.3. The van der Waals surface area contributed by atoms with E-state index in [-0.39, 0.29) is 37.1 Å². The largest absolute Gasteiger partial charge is 0.344 e. The molecule has 1 fully saturated rings. The molecule has 1 saturated heterocycles. The summed E-state index contributed by atoms with van der Waals surface area (Å²) in [5, 5.41) is 3.03. The van der Waals surface area contributed by atoms with Gasteiger partial charge in [0, 0.05) is 25.6 Å². The van der Waals surface area contributed by atoms with Crippen LogP contribution in [0.5, 0.6) is 0 Å². The molecule has 0 radical (unpaired) electrons. The highest BCUT2D eigenvalue weighted by molar-refractivity contribution is 6.16. The summed E-state index contributed by atoms with van der Waals surface area (Å²) in [4.78, 5) is 48.2. The molecule has 33 heavy (non-hydrogen) atoms. The number of amides is 3. The number of para-hydroxylation sites is 1. The highest BCUT2D eigenvalue weighted by Gasteiger charge is 2.60. The second-order valence-electron chi connectivity index (χ2n) is 8.39. The maximum atomic E-state index is 14.0. The van der Waals surface area contributed by atoms with Crippen molar-refractivity contribution in [3.8, 4) is 0 Å². The average molecular weight is 441 g/mol. The number of hydrogen-bond donors (Lipinski definition) is 1. The van der Waals surface area contributed by atoms with Crippen LogP contribution in [-0.4, -0.2) is 33.3 Å². The number of hydrogen-bond acceptors (Lipinski definition) is 4. The van der Waals surface area contributed by atoms with E-state index in [1.54, 1.807) is 35.4 Å². The van der Waals surface area contributed by atoms with E-state index in [4.69, 9.17) is 0 Å². The fourth-order valence-corrected chi connectivity index (χ4v) is 4.79. The van der Waals surface area contributed by atoms with E-state index >= 15 is 0 Å². The molecule has 7 heteroatoms. The van der Waals surface area contributed by atoms with Crippen LogP contribution >= 0.6 is 0 Å². The van der Waals surface area contributed by atoms with E-state index in [1.807, 2.05) is 55.5 Å². The molecule has 0 spiro atoms. The maximum Gasteiger partial charge on any atom is 0.268 e. The van der Waals surface area contributed by atoms with Crippen molar-refractivity contribution in [2.45, 2.75) is 38.0 Å². The highest BCUT2D eigenvalue weighted by atomic mass is 16.2. The fraction of sp³-hybridized carbons (Fsp3) is 0.231. The first-order valence-electron chi connectivity index (χ1n) is 11.0. The Morgan fingerprint density at radius 3 is 2.52 bits per heavy atom. The van der Waals surface area contributed by atoms with Gasteiger partial charge in [0.1, 0.15) is 0 Å². The topological polar surface area (TPSA) is 82.6 Å². The van der Waals surface area contributed by atoms with Crippen LogP contribution < -0.4 is 10.2 Å². The van der Waals surface area contributed by atoms with Crippen molar-refractivity contribution < 1.29 is 14.4 Å². The quantitative estimate of drug-likeness (QED) is 0.659. The lowest BCUT2D eigenvalue weighted by atomic mass is 9.94. The Morgan fingerprint density at radius 1 is 1.03 bits per heavy atom. The predicted molar refractivity (Wildman–Crippen MR) is 123 cm³/mol. The highest BCUT2D eigenvalue weighted by Crippen LogP contribution is 2.45. The molecule has 3 aromatic rings. The van der Waals surface area contributed by atoms with Crippen molar-refractivity contribution in [2.24, 2.45) is 0 Å². The molecule has 7 nitrogen and oxygen atoms in total. The van der Waals surface area contributed by atoms with Gasteiger partial charge in [-0.1, -0.05) is 48.5 Å². The Hall–Kier alpha value is -4.00. The number of fused-ring (bicyclic) bond motifs is 3. The van der Waals surface area contributed by atoms with E-state index in [0.717, 1.165) is 5.56 Å². The van der Waals surface area contributed by atoms with Gasteiger partial charge in [-0.25, -0.2) is 0 Å².